The summed E-state index contributed by atoms with van der Waals surface area (Å²) in [6, 6.07) is 1.68. The molecule has 1 unspecified atom stereocenters. The van der Waals surface area contributed by atoms with Crippen LogP contribution >= 0.6 is 0 Å². The van der Waals surface area contributed by atoms with Crippen LogP contribution in [-0.4, -0.2) is 25.5 Å². The number of rotatable bonds is 6. The Morgan fingerprint density at radius 2 is 2.14 bits per heavy atom. The molecule has 14 heavy (non-hydrogen) atoms. The van der Waals surface area contributed by atoms with E-state index in [1.165, 1.54) is 0 Å². The molecule has 0 fully saturated rings. The van der Waals surface area contributed by atoms with Crippen LogP contribution in [0, 0.1) is 11.3 Å². The number of ether oxygens (including phenoxy) is 2. The summed E-state index contributed by atoms with van der Waals surface area (Å²) in [5.74, 6) is 0. The molecule has 0 spiro atoms. The molecular formula is C8H10F3NO2. The van der Waals surface area contributed by atoms with E-state index >= 15 is 0 Å². The summed E-state index contributed by atoms with van der Waals surface area (Å²) in [5.41, 5.74) is 0. The number of halogens is 3. The first-order valence-electron chi connectivity index (χ1n) is 3.80. The summed E-state index contributed by atoms with van der Waals surface area (Å²) in [6.45, 7) is 2.21. The van der Waals surface area contributed by atoms with E-state index in [2.05, 4.69) is 16.1 Å². The summed E-state index contributed by atoms with van der Waals surface area (Å²) in [7, 11) is 0. The minimum Gasteiger partial charge on any atom is -0.499 e. The molecular weight excluding hydrogens is 199 g/mol. The van der Waals surface area contributed by atoms with Gasteiger partial charge in [-0.3, -0.25) is 0 Å². The van der Waals surface area contributed by atoms with Crippen molar-refractivity contribution in [2.45, 2.75) is 18.7 Å². The van der Waals surface area contributed by atoms with Gasteiger partial charge in [0.1, 0.15) is 6.61 Å². The Morgan fingerprint density at radius 3 is 2.57 bits per heavy atom. The van der Waals surface area contributed by atoms with Gasteiger partial charge in [-0.2, -0.15) is 18.4 Å². The molecule has 0 rings (SSSR count). The predicted octanol–water partition coefficient (Wildman–Crippen LogP) is 2.01. The predicted molar refractivity (Wildman–Crippen MR) is 42.2 cm³/mol. The fourth-order valence-electron chi connectivity index (χ4n) is 0.639. The highest BCUT2D eigenvalue weighted by Crippen LogP contribution is 2.23. The molecule has 0 aliphatic carbocycles. The highest BCUT2D eigenvalue weighted by Gasteiger charge is 2.41. The zero-order valence-corrected chi connectivity index (χ0v) is 7.38. The lowest BCUT2D eigenvalue weighted by molar-refractivity contribution is -0.229. The van der Waals surface area contributed by atoms with Gasteiger partial charge in [-0.1, -0.05) is 6.58 Å². The van der Waals surface area contributed by atoms with Crippen LogP contribution in [0.25, 0.3) is 0 Å². The molecule has 3 nitrogen and oxygen atoms in total. The van der Waals surface area contributed by atoms with Crippen molar-refractivity contribution < 1.29 is 22.6 Å². The summed E-state index contributed by atoms with van der Waals surface area (Å²) in [5, 5.41) is 8.10. The molecule has 0 N–H and O–H groups in total. The lowest BCUT2D eigenvalue weighted by Gasteiger charge is -2.19. The average Bonchev–Trinajstić information content (AvgIpc) is 2.09. The van der Waals surface area contributed by atoms with Crippen LogP contribution in [0.3, 0.4) is 0 Å². The Hall–Kier alpha value is -1.22. The van der Waals surface area contributed by atoms with Gasteiger partial charge in [0.25, 0.3) is 0 Å². The molecule has 0 radical (unpaired) electrons. The molecule has 0 aliphatic heterocycles. The Labute approximate surface area is 79.7 Å². The Kier molecular flexibility index (Phi) is 5.72. The van der Waals surface area contributed by atoms with E-state index in [1.807, 2.05) is 0 Å². The molecule has 6 heteroatoms. The van der Waals surface area contributed by atoms with Crippen molar-refractivity contribution in [1.82, 2.24) is 0 Å². The topological polar surface area (TPSA) is 42.2 Å². The number of nitriles is 1. The van der Waals surface area contributed by atoms with Gasteiger partial charge in [0.05, 0.1) is 25.4 Å². The highest BCUT2D eigenvalue weighted by atomic mass is 19.4. The fraction of sp³-hybridized carbons (Fsp3) is 0.625. The maximum Gasteiger partial charge on any atom is 0.417 e. The van der Waals surface area contributed by atoms with Crippen LogP contribution in [0.4, 0.5) is 13.2 Å². The van der Waals surface area contributed by atoms with Crippen molar-refractivity contribution in [2.75, 3.05) is 13.2 Å². The third-order valence-corrected chi connectivity index (χ3v) is 1.26. The maximum atomic E-state index is 12.1. The largest absolute Gasteiger partial charge is 0.499 e. The van der Waals surface area contributed by atoms with Gasteiger partial charge in [-0.25, -0.2) is 0 Å². The fourth-order valence-corrected chi connectivity index (χ4v) is 0.639. The van der Waals surface area contributed by atoms with Gasteiger partial charge in [0, 0.05) is 0 Å². The average molecular weight is 209 g/mol. The quantitative estimate of drug-likeness (QED) is 0.496. The van der Waals surface area contributed by atoms with Crippen LogP contribution in [0.5, 0.6) is 0 Å². The van der Waals surface area contributed by atoms with Gasteiger partial charge in [0.15, 0.2) is 6.10 Å². The first-order chi connectivity index (χ1) is 6.52. The molecule has 0 aliphatic rings. The molecule has 0 aromatic heterocycles. The highest BCUT2D eigenvalue weighted by molar-refractivity contribution is 4.72. The third-order valence-electron chi connectivity index (χ3n) is 1.26. The molecule has 80 valence electrons. The maximum absolute atomic E-state index is 12.1. The van der Waals surface area contributed by atoms with Crippen LogP contribution < -0.4 is 0 Å². The van der Waals surface area contributed by atoms with Crippen molar-refractivity contribution in [1.29, 1.82) is 5.26 Å². The Morgan fingerprint density at radius 1 is 1.50 bits per heavy atom. The summed E-state index contributed by atoms with van der Waals surface area (Å²) < 4.78 is 45.3. The minimum atomic E-state index is -4.49. The van der Waals surface area contributed by atoms with E-state index in [1.54, 1.807) is 6.07 Å². The summed E-state index contributed by atoms with van der Waals surface area (Å²) in [6.07, 6.45) is -5.67. The van der Waals surface area contributed by atoms with Crippen LogP contribution in [0.15, 0.2) is 12.8 Å². The summed E-state index contributed by atoms with van der Waals surface area (Å²) >= 11 is 0. The van der Waals surface area contributed by atoms with Gasteiger partial charge < -0.3 is 9.47 Å². The zero-order valence-electron chi connectivity index (χ0n) is 7.38. The standard InChI is InChI=1S/C8H10F3NO2/c1-2-13-6-7(8(9,10)11)14-5-3-4-12/h2,7H,1,3,5-6H2. The molecule has 0 heterocycles. The monoisotopic (exact) mass is 209 g/mol. The number of hydrogen-bond donors (Lipinski definition) is 0. The van der Waals surface area contributed by atoms with Gasteiger partial charge in [-0.15, -0.1) is 0 Å². The molecule has 0 saturated carbocycles. The third kappa shape index (κ3) is 5.43. The normalized spacial score (nSPS) is 13.0. The van der Waals surface area contributed by atoms with Crippen molar-refractivity contribution >= 4 is 0 Å². The Bertz CT molecular complexity index is 210. The van der Waals surface area contributed by atoms with E-state index in [-0.39, 0.29) is 13.0 Å². The van der Waals surface area contributed by atoms with Crippen LogP contribution in [-0.2, 0) is 9.47 Å². The molecule has 0 aromatic carbocycles. The van der Waals surface area contributed by atoms with Crippen molar-refractivity contribution in [3.05, 3.63) is 12.8 Å². The van der Waals surface area contributed by atoms with Gasteiger partial charge in [0.2, 0.25) is 0 Å². The van der Waals surface area contributed by atoms with Gasteiger partial charge >= 0.3 is 6.18 Å². The second-order valence-electron chi connectivity index (χ2n) is 2.31. The van der Waals surface area contributed by atoms with Crippen LogP contribution in [0.2, 0.25) is 0 Å². The van der Waals surface area contributed by atoms with Crippen molar-refractivity contribution in [3.63, 3.8) is 0 Å². The van der Waals surface area contributed by atoms with Crippen molar-refractivity contribution in [3.8, 4) is 6.07 Å². The summed E-state index contributed by atoms with van der Waals surface area (Å²) in [4.78, 5) is 0. The second-order valence-corrected chi connectivity index (χ2v) is 2.31. The molecule has 0 saturated heterocycles. The first kappa shape index (κ1) is 12.8. The first-order valence-corrected chi connectivity index (χ1v) is 3.80. The van der Waals surface area contributed by atoms with E-state index in [9.17, 15) is 13.2 Å². The van der Waals surface area contributed by atoms with E-state index < -0.39 is 18.9 Å². The van der Waals surface area contributed by atoms with E-state index in [0.717, 1.165) is 6.26 Å². The minimum absolute atomic E-state index is 0.0827. The Balaban J connectivity index is 3.99. The van der Waals surface area contributed by atoms with Crippen molar-refractivity contribution in [2.24, 2.45) is 0 Å². The number of hydrogen-bond acceptors (Lipinski definition) is 3. The second kappa shape index (κ2) is 6.27. The molecule has 1 atom stereocenters. The molecule has 0 bridgehead atoms. The SMILES string of the molecule is C=COCC(OCCC#N)C(F)(F)F. The number of alkyl halides is 3. The lowest BCUT2D eigenvalue weighted by atomic mass is 10.3. The zero-order chi connectivity index (χ0) is 11.0. The lowest BCUT2D eigenvalue weighted by Crippen LogP contribution is -2.35. The van der Waals surface area contributed by atoms with E-state index in [4.69, 9.17) is 5.26 Å². The van der Waals surface area contributed by atoms with Gasteiger partial charge in [-0.05, 0) is 0 Å². The smallest absolute Gasteiger partial charge is 0.417 e. The van der Waals surface area contributed by atoms with E-state index in [0.29, 0.717) is 0 Å². The molecule has 0 amide bonds. The van der Waals surface area contributed by atoms with Crippen LogP contribution in [0.1, 0.15) is 6.42 Å². The molecule has 0 aromatic rings. The number of nitrogens with zero attached hydrogens (tertiary/aromatic N) is 1.